The Hall–Kier alpha value is -2.21. The molecule has 1 aromatic heterocycles. The van der Waals surface area contributed by atoms with Gasteiger partial charge < -0.3 is 11.1 Å². The number of hydrogen-bond donors (Lipinski definition) is 2. The molecule has 6 heteroatoms. The van der Waals surface area contributed by atoms with Crippen LogP contribution in [-0.2, 0) is 10.2 Å². The van der Waals surface area contributed by atoms with E-state index >= 15 is 0 Å². The fraction of sp³-hybridized carbons (Fsp3) is 0.214. The molecular formula is C14H15N3O2S. The van der Waals surface area contributed by atoms with Gasteiger partial charge in [0.1, 0.15) is 4.88 Å². The molecule has 0 bridgehead atoms. The van der Waals surface area contributed by atoms with Crippen molar-refractivity contribution in [1.82, 2.24) is 4.98 Å². The summed E-state index contributed by atoms with van der Waals surface area (Å²) in [5, 5.41) is 3.08. The van der Waals surface area contributed by atoms with Gasteiger partial charge in [-0.1, -0.05) is 41.7 Å². The number of benzene rings is 1. The fourth-order valence-electron chi connectivity index (χ4n) is 1.69. The summed E-state index contributed by atoms with van der Waals surface area (Å²) in [5.74, 6) is -0.737. The minimum Gasteiger partial charge on any atom is -0.365 e. The van der Waals surface area contributed by atoms with Gasteiger partial charge in [-0.2, -0.15) is 0 Å². The number of nitrogens with two attached hydrogens (primary N) is 1. The lowest BCUT2D eigenvalue weighted by molar-refractivity contribution is -0.120. The Bertz CT molecular complexity index is 635. The molecule has 20 heavy (non-hydrogen) atoms. The summed E-state index contributed by atoms with van der Waals surface area (Å²) in [6, 6.07) is 9.47. The first-order valence-corrected chi connectivity index (χ1v) is 6.85. The van der Waals surface area contributed by atoms with E-state index in [0.717, 1.165) is 16.9 Å². The molecule has 2 aromatic rings. The number of nitrogens with zero attached hydrogens (tertiary/aromatic N) is 1. The van der Waals surface area contributed by atoms with Crippen molar-refractivity contribution >= 4 is 28.3 Å². The zero-order valence-corrected chi connectivity index (χ0v) is 12.0. The summed E-state index contributed by atoms with van der Waals surface area (Å²) in [4.78, 5) is 27.6. The highest BCUT2D eigenvalue weighted by molar-refractivity contribution is 7.17. The summed E-state index contributed by atoms with van der Waals surface area (Å²) in [6.07, 6.45) is 1.36. The van der Waals surface area contributed by atoms with E-state index in [1.807, 2.05) is 44.2 Å². The number of nitrogens with one attached hydrogen (secondary N) is 1. The van der Waals surface area contributed by atoms with Crippen LogP contribution in [0, 0.1) is 0 Å². The molecule has 0 saturated heterocycles. The van der Waals surface area contributed by atoms with Crippen LogP contribution in [0.3, 0.4) is 0 Å². The number of carbonyl (C=O) groups is 2. The molecule has 0 aliphatic heterocycles. The Morgan fingerprint density at radius 2 is 1.90 bits per heavy atom. The van der Waals surface area contributed by atoms with Crippen LogP contribution in [-0.4, -0.2) is 16.8 Å². The SMILES string of the molecule is CC(C)(C(=O)Nc1ncc(C(N)=O)s1)c1ccccc1. The van der Waals surface area contributed by atoms with Gasteiger partial charge in [-0.25, -0.2) is 4.98 Å². The van der Waals surface area contributed by atoms with Crippen LogP contribution in [0.5, 0.6) is 0 Å². The number of carbonyl (C=O) groups excluding carboxylic acids is 2. The standard InChI is InChI=1S/C14H15N3O2S/c1-14(2,9-6-4-3-5-7-9)12(19)17-13-16-8-10(20-13)11(15)18/h3-8H,1-2H3,(H2,15,18)(H,16,17,19). The summed E-state index contributed by atoms with van der Waals surface area (Å²) in [5.41, 5.74) is 5.37. The molecular weight excluding hydrogens is 274 g/mol. The molecule has 0 spiro atoms. The van der Waals surface area contributed by atoms with Gasteiger partial charge in [0, 0.05) is 0 Å². The Morgan fingerprint density at radius 3 is 2.45 bits per heavy atom. The number of amides is 2. The number of hydrogen-bond acceptors (Lipinski definition) is 4. The molecule has 104 valence electrons. The van der Waals surface area contributed by atoms with Crippen molar-refractivity contribution in [3.8, 4) is 0 Å². The van der Waals surface area contributed by atoms with E-state index in [1.54, 1.807) is 0 Å². The average molecular weight is 289 g/mol. The van der Waals surface area contributed by atoms with Crippen LogP contribution in [0.25, 0.3) is 0 Å². The highest BCUT2D eigenvalue weighted by Crippen LogP contribution is 2.26. The third-order valence-corrected chi connectivity index (χ3v) is 3.96. The van der Waals surface area contributed by atoms with Gasteiger partial charge in [0.2, 0.25) is 5.91 Å². The number of rotatable bonds is 4. The lowest BCUT2D eigenvalue weighted by Gasteiger charge is -2.23. The molecule has 2 rings (SSSR count). The van der Waals surface area contributed by atoms with Crippen molar-refractivity contribution in [3.63, 3.8) is 0 Å². The number of aromatic nitrogens is 1. The van der Waals surface area contributed by atoms with E-state index in [-0.39, 0.29) is 5.91 Å². The van der Waals surface area contributed by atoms with Crippen LogP contribution in [0.1, 0.15) is 29.1 Å². The number of primary amides is 1. The number of anilines is 1. The molecule has 0 saturated carbocycles. The molecule has 0 fully saturated rings. The van der Waals surface area contributed by atoms with Gasteiger partial charge in [-0.15, -0.1) is 0 Å². The van der Waals surface area contributed by atoms with E-state index in [4.69, 9.17) is 5.73 Å². The second kappa shape index (κ2) is 5.42. The molecule has 0 unspecified atom stereocenters. The largest absolute Gasteiger partial charge is 0.365 e. The first-order chi connectivity index (χ1) is 9.41. The van der Waals surface area contributed by atoms with Crippen LogP contribution < -0.4 is 11.1 Å². The molecule has 0 aliphatic rings. The van der Waals surface area contributed by atoms with Crippen LogP contribution in [0.2, 0.25) is 0 Å². The van der Waals surface area contributed by atoms with Crippen LogP contribution in [0.15, 0.2) is 36.5 Å². The molecule has 5 nitrogen and oxygen atoms in total. The zero-order valence-electron chi connectivity index (χ0n) is 11.2. The Kier molecular flexibility index (Phi) is 3.85. The smallest absolute Gasteiger partial charge is 0.260 e. The number of thiazole rings is 1. The topological polar surface area (TPSA) is 85.1 Å². The van der Waals surface area contributed by atoms with Crippen molar-refractivity contribution in [1.29, 1.82) is 0 Å². The lowest BCUT2D eigenvalue weighted by Crippen LogP contribution is -2.34. The summed E-state index contributed by atoms with van der Waals surface area (Å²) >= 11 is 1.06. The third-order valence-electron chi connectivity index (χ3n) is 3.03. The maximum atomic E-state index is 12.4. The lowest BCUT2D eigenvalue weighted by atomic mass is 9.84. The molecule has 0 radical (unpaired) electrons. The van der Waals surface area contributed by atoms with E-state index < -0.39 is 11.3 Å². The predicted octanol–water partition coefficient (Wildman–Crippen LogP) is 2.16. The molecule has 2 amide bonds. The summed E-state index contributed by atoms with van der Waals surface area (Å²) in [7, 11) is 0. The van der Waals surface area contributed by atoms with Gasteiger partial charge in [0.05, 0.1) is 11.6 Å². The first kappa shape index (κ1) is 14.2. The zero-order chi connectivity index (χ0) is 14.8. The average Bonchev–Trinajstić information content (AvgIpc) is 2.88. The molecule has 1 aromatic carbocycles. The highest BCUT2D eigenvalue weighted by atomic mass is 32.1. The second-order valence-corrected chi connectivity index (χ2v) is 5.87. The first-order valence-electron chi connectivity index (χ1n) is 6.04. The van der Waals surface area contributed by atoms with Gasteiger partial charge in [-0.05, 0) is 19.4 Å². The van der Waals surface area contributed by atoms with Gasteiger partial charge in [0.25, 0.3) is 5.91 Å². The van der Waals surface area contributed by atoms with Gasteiger partial charge in [-0.3, -0.25) is 9.59 Å². The summed E-state index contributed by atoms with van der Waals surface area (Å²) in [6.45, 7) is 3.67. The summed E-state index contributed by atoms with van der Waals surface area (Å²) < 4.78 is 0. The molecule has 1 heterocycles. The van der Waals surface area contributed by atoms with Crippen molar-refractivity contribution in [2.24, 2.45) is 5.73 Å². The van der Waals surface area contributed by atoms with E-state index in [9.17, 15) is 9.59 Å². The van der Waals surface area contributed by atoms with E-state index in [1.165, 1.54) is 6.20 Å². The normalized spacial score (nSPS) is 11.1. The highest BCUT2D eigenvalue weighted by Gasteiger charge is 2.30. The predicted molar refractivity (Wildman–Crippen MR) is 78.7 cm³/mol. The second-order valence-electron chi connectivity index (χ2n) is 4.84. The molecule has 0 aliphatic carbocycles. The van der Waals surface area contributed by atoms with Gasteiger partial charge in [0.15, 0.2) is 5.13 Å². The van der Waals surface area contributed by atoms with Crippen LogP contribution in [0.4, 0.5) is 5.13 Å². The fourth-order valence-corrected chi connectivity index (χ4v) is 2.35. The van der Waals surface area contributed by atoms with Crippen molar-refractivity contribution < 1.29 is 9.59 Å². The minimum absolute atomic E-state index is 0.186. The van der Waals surface area contributed by atoms with Crippen LogP contribution >= 0.6 is 11.3 Å². The quantitative estimate of drug-likeness (QED) is 0.904. The monoisotopic (exact) mass is 289 g/mol. The van der Waals surface area contributed by atoms with Crippen molar-refractivity contribution in [2.45, 2.75) is 19.3 Å². The van der Waals surface area contributed by atoms with E-state index in [0.29, 0.717) is 10.0 Å². The maximum Gasteiger partial charge on any atom is 0.260 e. The third kappa shape index (κ3) is 2.85. The van der Waals surface area contributed by atoms with Crippen molar-refractivity contribution in [2.75, 3.05) is 5.32 Å². The molecule has 3 N–H and O–H groups in total. The minimum atomic E-state index is -0.695. The maximum absolute atomic E-state index is 12.4. The molecule has 0 atom stereocenters. The van der Waals surface area contributed by atoms with Gasteiger partial charge >= 0.3 is 0 Å². The Balaban J connectivity index is 2.16. The Morgan fingerprint density at radius 1 is 1.25 bits per heavy atom. The Labute approximate surface area is 120 Å². The van der Waals surface area contributed by atoms with E-state index in [2.05, 4.69) is 10.3 Å². The van der Waals surface area contributed by atoms with Crippen molar-refractivity contribution in [3.05, 3.63) is 47.0 Å².